The molecule has 16 heavy (non-hydrogen) atoms. The van der Waals surface area contributed by atoms with Gasteiger partial charge >= 0.3 is 10.2 Å². The minimum atomic E-state index is -4.71. The fourth-order valence-electron chi connectivity index (χ4n) is 1.38. The molecule has 1 rings (SSSR count). The molecular weight excluding hydrogens is 239 g/mol. The molecular formula is C8H13FN2O4S. The first-order valence-electron chi connectivity index (χ1n) is 4.63. The smallest absolute Gasteiger partial charge is 0.307 e. The van der Waals surface area contributed by atoms with Gasteiger partial charge in [0, 0.05) is 27.1 Å². The number of nitrogens with zero attached hydrogens (tertiary/aromatic N) is 2. The van der Waals surface area contributed by atoms with Crippen LogP contribution >= 0.6 is 0 Å². The molecule has 1 unspecified atom stereocenters. The van der Waals surface area contributed by atoms with Crippen molar-refractivity contribution in [2.45, 2.75) is 11.7 Å². The van der Waals surface area contributed by atoms with Crippen LogP contribution in [0.4, 0.5) is 3.89 Å². The second kappa shape index (κ2) is 4.36. The topological polar surface area (TPSA) is 74.8 Å². The number of hydrogen-bond donors (Lipinski definition) is 0. The normalized spacial score (nSPS) is 21.3. The van der Waals surface area contributed by atoms with E-state index in [9.17, 15) is 21.9 Å². The minimum Gasteiger partial charge on any atom is -0.347 e. The molecule has 0 aromatic heterocycles. The van der Waals surface area contributed by atoms with Crippen LogP contribution < -0.4 is 0 Å². The highest BCUT2D eigenvalue weighted by Crippen LogP contribution is 2.19. The van der Waals surface area contributed by atoms with E-state index in [0.717, 1.165) is 4.90 Å². The average molecular weight is 252 g/mol. The third-order valence-electron chi connectivity index (χ3n) is 2.40. The van der Waals surface area contributed by atoms with E-state index in [-0.39, 0.29) is 25.4 Å². The Hall–Kier alpha value is -1.18. The van der Waals surface area contributed by atoms with Crippen LogP contribution in [0.25, 0.3) is 0 Å². The predicted molar refractivity (Wildman–Crippen MR) is 53.7 cm³/mol. The number of halogens is 1. The molecule has 0 spiro atoms. The van der Waals surface area contributed by atoms with Crippen LogP contribution in [0.15, 0.2) is 0 Å². The van der Waals surface area contributed by atoms with Crippen LogP contribution in [0.5, 0.6) is 0 Å². The van der Waals surface area contributed by atoms with Crippen LogP contribution in [-0.4, -0.2) is 62.5 Å². The van der Waals surface area contributed by atoms with Crippen molar-refractivity contribution in [1.29, 1.82) is 0 Å². The van der Waals surface area contributed by atoms with Crippen molar-refractivity contribution >= 4 is 22.0 Å². The Labute approximate surface area is 93.2 Å². The van der Waals surface area contributed by atoms with Gasteiger partial charge in [-0.15, -0.1) is 3.89 Å². The lowest BCUT2D eigenvalue weighted by Gasteiger charge is -2.18. The highest BCUT2D eigenvalue weighted by Gasteiger charge is 2.39. The van der Waals surface area contributed by atoms with E-state index in [1.807, 2.05) is 0 Å². The summed E-state index contributed by atoms with van der Waals surface area (Å²) in [6.07, 6.45) is -0.389. The summed E-state index contributed by atoms with van der Waals surface area (Å²) in [5, 5.41) is -1.34. The molecule has 92 valence electrons. The number of amides is 2. The van der Waals surface area contributed by atoms with Crippen molar-refractivity contribution in [3.8, 4) is 0 Å². The zero-order valence-electron chi connectivity index (χ0n) is 9.01. The molecule has 0 N–H and O–H groups in total. The molecule has 0 aliphatic carbocycles. The van der Waals surface area contributed by atoms with Crippen molar-refractivity contribution < 1.29 is 21.9 Å². The summed E-state index contributed by atoms with van der Waals surface area (Å²) in [6, 6.07) is 0. The van der Waals surface area contributed by atoms with E-state index in [1.165, 1.54) is 19.0 Å². The van der Waals surface area contributed by atoms with Crippen molar-refractivity contribution in [2.75, 3.05) is 27.2 Å². The third kappa shape index (κ3) is 2.91. The summed E-state index contributed by atoms with van der Waals surface area (Å²) in [4.78, 5) is 24.9. The molecule has 1 heterocycles. The SMILES string of the molecule is CN(C)C(=O)CN1CC(S(=O)(=O)F)CC1=O. The Bertz CT molecular complexity index is 406. The molecule has 0 aromatic carbocycles. The van der Waals surface area contributed by atoms with Crippen LogP contribution in [0.3, 0.4) is 0 Å². The van der Waals surface area contributed by atoms with Crippen molar-refractivity contribution in [3.05, 3.63) is 0 Å². The van der Waals surface area contributed by atoms with Gasteiger partial charge in [-0.25, -0.2) is 0 Å². The van der Waals surface area contributed by atoms with Crippen LogP contribution in [-0.2, 0) is 19.8 Å². The van der Waals surface area contributed by atoms with Gasteiger partial charge in [0.25, 0.3) is 0 Å². The molecule has 1 aliphatic heterocycles. The number of carbonyl (C=O) groups is 2. The monoisotopic (exact) mass is 252 g/mol. The lowest BCUT2D eigenvalue weighted by Crippen LogP contribution is -2.38. The zero-order valence-corrected chi connectivity index (χ0v) is 9.83. The maximum absolute atomic E-state index is 12.6. The molecule has 1 fully saturated rings. The fraction of sp³-hybridized carbons (Fsp3) is 0.750. The Morgan fingerprint density at radius 1 is 1.56 bits per heavy atom. The highest BCUT2D eigenvalue weighted by atomic mass is 32.3. The van der Waals surface area contributed by atoms with Crippen LogP contribution in [0.1, 0.15) is 6.42 Å². The van der Waals surface area contributed by atoms with Gasteiger partial charge in [-0.05, 0) is 0 Å². The predicted octanol–water partition coefficient (Wildman–Crippen LogP) is -1.03. The average Bonchev–Trinajstić information content (AvgIpc) is 2.47. The van der Waals surface area contributed by atoms with Crippen molar-refractivity contribution in [1.82, 2.24) is 9.80 Å². The van der Waals surface area contributed by atoms with Gasteiger partial charge in [0.15, 0.2) is 0 Å². The maximum Gasteiger partial charge on any atom is 0.307 e. The van der Waals surface area contributed by atoms with Crippen LogP contribution in [0.2, 0.25) is 0 Å². The van der Waals surface area contributed by atoms with Gasteiger partial charge in [-0.3, -0.25) is 9.59 Å². The molecule has 1 aliphatic rings. The second-order valence-electron chi connectivity index (χ2n) is 3.86. The summed E-state index contributed by atoms with van der Waals surface area (Å²) in [6.45, 7) is -0.463. The maximum atomic E-state index is 12.6. The van der Waals surface area contributed by atoms with E-state index in [0.29, 0.717) is 0 Å². The van der Waals surface area contributed by atoms with E-state index in [4.69, 9.17) is 0 Å². The molecule has 0 bridgehead atoms. The van der Waals surface area contributed by atoms with Gasteiger partial charge in [0.1, 0.15) is 5.25 Å². The summed E-state index contributed by atoms with van der Waals surface area (Å²) in [7, 11) is -1.67. The fourth-order valence-corrected chi connectivity index (χ4v) is 2.08. The van der Waals surface area contributed by atoms with E-state index in [1.54, 1.807) is 0 Å². The number of hydrogen-bond acceptors (Lipinski definition) is 4. The van der Waals surface area contributed by atoms with E-state index in [2.05, 4.69) is 0 Å². The highest BCUT2D eigenvalue weighted by molar-refractivity contribution is 7.87. The molecule has 6 nitrogen and oxygen atoms in total. The molecule has 1 saturated heterocycles. The minimum absolute atomic E-state index is 0.210. The molecule has 1 atom stereocenters. The molecule has 2 amide bonds. The summed E-state index contributed by atoms with van der Waals surface area (Å²) >= 11 is 0. The third-order valence-corrected chi connectivity index (χ3v) is 3.51. The zero-order chi connectivity index (χ0) is 12.5. The quantitative estimate of drug-likeness (QED) is 0.602. The summed E-state index contributed by atoms with van der Waals surface area (Å²) in [5.74, 6) is -0.841. The lowest BCUT2D eigenvalue weighted by atomic mass is 10.4. The van der Waals surface area contributed by atoms with Gasteiger partial charge in [-0.2, -0.15) is 8.42 Å². The first-order valence-corrected chi connectivity index (χ1v) is 6.08. The van der Waals surface area contributed by atoms with Gasteiger partial charge in [0.05, 0.1) is 6.54 Å². The van der Waals surface area contributed by atoms with Gasteiger partial charge in [-0.1, -0.05) is 0 Å². The van der Waals surface area contributed by atoms with E-state index < -0.39 is 21.4 Å². The first-order chi connectivity index (χ1) is 7.21. The molecule has 0 saturated carbocycles. The summed E-state index contributed by atoms with van der Waals surface area (Å²) < 4.78 is 33.8. The largest absolute Gasteiger partial charge is 0.347 e. The number of carbonyl (C=O) groups excluding carboxylic acids is 2. The Morgan fingerprint density at radius 3 is 2.50 bits per heavy atom. The van der Waals surface area contributed by atoms with Gasteiger partial charge < -0.3 is 9.80 Å². The molecule has 0 radical (unpaired) electrons. The number of likely N-dealkylation sites (N-methyl/N-ethyl adjacent to an activating group) is 1. The van der Waals surface area contributed by atoms with Gasteiger partial charge in [0.2, 0.25) is 11.8 Å². The standard InChI is InChI=1S/C8H13FN2O4S/c1-10(2)8(13)5-11-4-6(3-7(11)12)16(9,14)15/h6H,3-5H2,1-2H3. The number of likely N-dealkylation sites (tertiary alicyclic amines) is 1. The van der Waals surface area contributed by atoms with Crippen molar-refractivity contribution in [3.63, 3.8) is 0 Å². The Kier molecular flexibility index (Phi) is 3.51. The molecule has 0 aromatic rings. The van der Waals surface area contributed by atoms with Crippen LogP contribution in [0, 0.1) is 0 Å². The van der Waals surface area contributed by atoms with Crippen molar-refractivity contribution in [2.24, 2.45) is 0 Å². The summed E-state index contributed by atoms with van der Waals surface area (Å²) in [5.41, 5.74) is 0. The number of rotatable bonds is 3. The van der Waals surface area contributed by atoms with E-state index >= 15 is 0 Å². The molecule has 8 heteroatoms. The Morgan fingerprint density at radius 2 is 2.12 bits per heavy atom. The lowest BCUT2D eigenvalue weighted by molar-refractivity contribution is -0.136. The Balaban J connectivity index is 2.66. The first kappa shape index (κ1) is 12.9. The second-order valence-corrected chi connectivity index (χ2v) is 5.48.